The number of hydrogen-bond acceptors (Lipinski definition) is 3. The minimum Gasteiger partial charge on any atom is -0.407 e. The smallest absolute Gasteiger partial charge is 0.407 e. The number of carbonyl (C=O) groups excluding carboxylic acids is 1. The molecule has 28 heavy (non-hydrogen) atoms. The van der Waals surface area contributed by atoms with Crippen molar-refractivity contribution in [1.82, 2.24) is 9.47 Å². The van der Waals surface area contributed by atoms with Gasteiger partial charge in [0.15, 0.2) is 17.2 Å². The Labute approximate surface area is 160 Å². The van der Waals surface area contributed by atoms with Crippen molar-refractivity contribution in [3.63, 3.8) is 0 Å². The van der Waals surface area contributed by atoms with Crippen LogP contribution in [0.2, 0.25) is 0 Å². The highest BCUT2D eigenvalue weighted by atomic mass is 19.2. The zero-order valence-corrected chi connectivity index (χ0v) is 15.7. The Morgan fingerprint density at radius 2 is 1.79 bits per heavy atom. The lowest BCUT2D eigenvalue weighted by Gasteiger charge is -2.32. The molecule has 1 fully saturated rings. The van der Waals surface area contributed by atoms with Gasteiger partial charge in [0, 0.05) is 24.7 Å². The molecule has 0 saturated carbocycles. The van der Waals surface area contributed by atoms with E-state index in [1.54, 1.807) is 9.47 Å². The molecule has 1 aliphatic heterocycles. The van der Waals surface area contributed by atoms with Crippen molar-refractivity contribution in [2.24, 2.45) is 0 Å². The number of halogens is 2. The van der Waals surface area contributed by atoms with E-state index in [1.165, 1.54) is 6.07 Å². The van der Waals surface area contributed by atoms with Gasteiger partial charge < -0.3 is 9.32 Å². The molecule has 0 spiro atoms. The van der Waals surface area contributed by atoms with Gasteiger partial charge in [0.2, 0.25) is 0 Å². The second-order valence-corrected chi connectivity index (χ2v) is 7.32. The molecule has 0 bridgehead atoms. The fourth-order valence-corrected chi connectivity index (χ4v) is 3.96. The molecule has 1 saturated heterocycles. The first-order chi connectivity index (χ1) is 13.3. The van der Waals surface area contributed by atoms with Crippen LogP contribution in [0.5, 0.6) is 0 Å². The van der Waals surface area contributed by atoms with Crippen LogP contribution in [0.4, 0.5) is 8.78 Å². The van der Waals surface area contributed by atoms with Gasteiger partial charge >= 0.3 is 5.76 Å². The number of aromatic nitrogens is 1. The number of likely N-dealkylation sites (tertiary alicyclic amines) is 1. The van der Waals surface area contributed by atoms with Crippen molar-refractivity contribution in [2.45, 2.75) is 32.7 Å². The second kappa shape index (κ2) is 6.89. The third-order valence-corrected chi connectivity index (χ3v) is 5.33. The van der Waals surface area contributed by atoms with Crippen LogP contribution in [0.3, 0.4) is 0 Å². The van der Waals surface area contributed by atoms with Gasteiger partial charge in [-0.1, -0.05) is 6.07 Å². The zero-order chi connectivity index (χ0) is 20.0. The number of benzene rings is 2. The summed E-state index contributed by atoms with van der Waals surface area (Å²) in [6.45, 7) is 4.72. The van der Waals surface area contributed by atoms with E-state index in [9.17, 15) is 18.4 Å². The van der Waals surface area contributed by atoms with E-state index < -0.39 is 17.4 Å². The summed E-state index contributed by atoms with van der Waals surface area (Å²) in [6, 6.07) is 6.99. The maximum absolute atomic E-state index is 13.4. The van der Waals surface area contributed by atoms with Crippen LogP contribution >= 0.6 is 0 Å². The number of hydrogen-bond donors (Lipinski definition) is 0. The molecule has 0 aliphatic carbocycles. The highest BCUT2D eigenvalue weighted by Crippen LogP contribution is 2.28. The number of rotatable bonds is 2. The molecule has 1 aliphatic rings. The Morgan fingerprint density at radius 3 is 2.46 bits per heavy atom. The van der Waals surface area contributed by atoms with Crippen LogP contribution in [-0.4, -0.2) is 28.5 Å². The molecule has 1 amide bonds. The summed E-state index contributed by atoms with van der Waals surface area (Å²) in [5.74, 6) is -2.75. The van der Waals surface area contributed by atoms with Crippen LogP contribution in [0.1, 0.15) is 40.4 Å². The van der Waals surface area contributed by atoms with Crippen molar-refractivity contribution in [1.29, 1.82) is 0 Å². The largest absolute Gasteiger partial charge is 0.420 e. The standard InChI is InChI=1S/C21H20F2N2O3/c1-12-9-13(2)19-18(10-12)25(21(27)28-19)15-5-7-24(8-6-15)20(26)14-3-4-16(22)17(23)11-14/h3-4,9-11,15H,5-8H2,1-2H3. The van der Waals surface area contributed by atoms with Gasteiger partial charge in [-0.15, -0.1) is 0 Å². The average molecular weight is 386 g/mol. The van der Waals surface area contributed by atoms with E-state index in [1.807, 2.05) is 26.0 Å². The Balaban J connectivity index is 1.55. The number of fused-ring (bicyclic) bond motifs is 1. The SMILES string of the molecule is Cc1cc(C)c2oc(=O)n(C3CCN(C(=O)c4ccc(F)c(F)c4)CC3)c2c1. The third kappa shape index (κ3) is 3.10. The van der Waals surface area contributed by atoms with Gasteiger partial charge in [0.25, 0.3) is 5.91 Å². The van der Waals surface area contributed by atoms with Crippen LogP contribution < -0.4 is 5.76 Å². The summed E-state index contributed by atoms with van der Waals surface area (Å²) in [5, 5.41) is 0. The van der Waals surface area contributed by atoms with Crippen molar-refractivity contribution in [3.8, 4) is 0 Å². The predicted octanol–water partition coefficient (Wildman–Crippen LogP) is 3.97. The minimum absolute atomic E-state index is 0.0797. The zero-order valence-electron chi connectivity index (χ0n) is 15.7. The van der Waals surface area contributed by atoms with E-state index >= 15 is 0 Å². The monoisotopic (exact) mass is 386 g/mol. The summed E-state index contributed by atoms with van der Waals surface area (Å²) in [7, 11) is 0. The lowest BCUT2D eigenvalue weighted by atomic mass is 10.0. The molecule has 7 heteroatoms. The fraction of sp³-hybridized carbons (Fsp3) is 0.333. The minimum atomic E-state index is -1.04. The van der Waals surface area contributed by atoms with E-state index in [0.717, 1.165) is 28.8 Å². The summed E-state index contributed by atoms with van der Waals surface area (Å²) >= 11 is 0. The van der Waals surface area contributed by atoms with E-state index in [-0.39, 0.29) is 17.5 Å². The number of amides is 1. The Morgan fingerprint density at radius 1 is 1.07 bits per heavy atom. The first kappa shape index (κ1) is 18.4. The molecular formula is C21H20F2N2O3. The molecule has 0 radical (unpaired) electrons. The average Bonchev–Trinajstić information content (AvgIpc) is 3.00. The Bertz CT molecular complexity index is 1120. The lowest BCUT2D eigenvalue weighted by molar-refractivity contribution is 0.0693. The molecule has 3 aromatic rings. The van der Waals surface area contributed by atoms with E-state index in [0.29, 0.717) is 31.5 Å². The van der Waals surface area contributed by atoms with E-state index in [4.69, 9.17) is 4.42 Å². The van der Waals surface area contributed by atoms with Crippen LogP contribution in [0.25, 0.3) is 11.1 Å². The molecule has 0 N–H and O–H groups in total. The third-order valence-electron chi connectivity index (χ3n) is 5.33. The van der Waals surface area contributed by atoms with E-state index in [2.05, 4.69) is 0 Å². The van der Waals surface area contributed by atoms with Crippen LogP contribution in [0.15, 0.2) is 39.5 Å². The topological polar surface area (TPSA) is 55.5 Å². The normalized spacial score (nSPS) is 15.4. The molecule has 5 nitrogen and oxygen atoms in total. The summed E-state index contributed by atoms with van der Waals surface area (Å²) < 4.78 is 33.6. The fourth-order valence-electron chi connectivity index (χ4n) is 3.96. The maximum atomic E-state index is 13.4. The Kier molecular flexibility index (Phi) is 4.53. The second-order valence-electron chi connectivity index (χ2n) is 7.32. The summed E-state index contributed by atoms with van der Waals surface area (Å²) in [5.41, 5.74) is 3.45. The Hall–Kier alpha value is -2.96. The highest BCUT2D eigenvalue weighted by Gasteiger charge is 2.28. The molecule has 0 atom stereocenters. The van der Waals surface area contributed by atoms with Gasteiger partial charge in [-0.3, -0.25) is 9.36 Å². The molecular weight excluding hydrogens is 366 g/mol. The number of nitrogens with zero attached hydrogens (tertiary/aromatic N) is 2. The maximum Gasteiger partial charge on any atom is 0.420 e. The quantitative estimate of drug-likeness (QED) is 0.670. The molecule has 2 aromatic carbocycles. The number of piperidine rings is 1. The van der Waals surface area contributed by atoms with Crippen molar-refractivity contribution in [2.75, 3.05) is 13.1 Å². The van der Waals surface area contributed by atoms with Gasteiger partial charge in [-0.05, 0) is 62.1 Å². The molecule has 2 heterocycles. The number of carbonyl (C=O) groups is 1. The van der Waals surface area contributed by atoms with Gasteiger partial charge in [-0.2, -0.15) is 0 Å². The highest BCUT2D eigenvalue weighted by molar-refractivity contribution is 5.94. The number of oxazole rings is 1. The molecule has 146 valence electrons. The van der Waals surface area contributed by atoms with Crippen molar-refractivity contribution in [3.05, 3.63) is 69.2 Å². The van der Waals surface area contributed by atoms with Crippen molar-refractivity contribution >= 4 is 17.0 Å². The van der Waals surface area contributed by atoms with Gasteiger partial charge in [0.1, 0.15) is 0 Å². The molecule has 1 aromatic heterocycles. The molecule has 0 unspecified atom stereocenters. The number of aryl methyl sites for hydroxylation is 2. The van der Waals surface area contributed by atoms with Crippen LogP contribution in [0, 0.1) is 25.5 Å². The first-order valence-corrected chi connectivity index (χ1v) is 9.22. The van der Waals surface area contributed by atoms with Crippen LogP contribution in [-0.2, 0) is 0 Å². The molecule has 4 rings (SSSR count). The first-order valence-electron chi connectivity index (χ1n) is 9.22. The summed E-state index contributed by atoms with van der Waals surface area (Å²) in [4.78, 5) is 26.6. The van der Waals surface area contributed by atoms with Crippen molar-refractivity contribution < 1.29 is 18.0 Å². The lowest BCUT2D eigenvalue weighted by Crippen LogP contribution is -2.40. The van der Waals surface area contributed by atoms with Gasteiger partial charge in [0.05, 0.1) is 5.52 Å². The summed E-state index contributed by atoms with van der Waals surface area (Å²) in [6.07, 6.45) is 1.16. The predicted molar refractivity (Wildman–Crippen MR) is 100 cm³/mol. The van der Waals surface area contributed by atoms with Gasteiger partial charge in [-0.25, -0.2) is 13.6 Å².